The molecule has 28 heavy (non-hydrogen) atoms. The van der Waals surface area contributed by atoms with Crippen molar-refractivity contribution >= 4 is 51.9 Å². The Morgan fingerprint density at radius 1 is 1.04 bits per heavy atom. The van der Waals surface area contributed by atoms with Crippen LogP contribution in [0.3, 0.4) is 0 Å². The van der Waals surface area contributed by atoms with E-state index in [-0.39, 0.29) is 11.7 Å². The summed E-state index contributed by atoms with van der Waals surface area (Å²) in [6.07, 6.45) is 0. The third-order valence-electron chi connectivity index (χ3n) is 3.68. The number of hydrazine groups is 1. The van der Waals surface area contributed by atoms with E-state index in [2.05, 4.69) is 26.1 Å². The minimum absolute atomic E-state index is 0.0603. The zero-order chi connectivity index (χ0) is 19.9. The zero-order valence-corrected chi connectivity index (χ0v) is 16.6. The highest BCUT2D eigenvalue weighted by Crippen LogP contribution is 2.24. The fraction of sp³-hybridized carbons (Fsp3) is 0.158. The summed E-state index contributed by atoms with van der Waals surface area (Å²) in [5.41, 5.74) is 5.94. The third kappa shape index (κ3) is 5.11. The SMILES string of the molecule is CCNc1nc(SCC(=O)NNC(=O)c2ccc(Cl)cc2)nc2ccccc12. The third-order valence-corrected chi connectivity index (χ3v) is 4.78. The fourth-order valence-corrected chi connectivity index (χ4v) is 3.17. The average Bonchev–Trinajstić information content (AvgIpc) is 2.71. The van der Waals surface area contributed by atoms with E-state index in [9.17, 15) is 9.59 Å². The molecule has 9 heteroatoms. The second kappa shape index (κ2) is 9.38. The van der Waals surface area contributed by atoms with Crippen LogP contribution in [0.1, 0.15) is 17.3 Å². The predicted molar refractivity (Wildman–Crippen MR) is 111 cm³/mol. The van der Waals surface area contributed by atoms with Gasteiger partial charge in [-0.1, -0.05) is 35.5 Å². The minimum atomic E-state index is -0.425. The highest BCUT2D eigenvalue weighted by molar-refractivity contribution is 7.99. The Balaban J connectivity index is 1.58. The number of carbonyl (C=O) groups excluding carboxylic acids is 2. The van der Waals surface area contributed by atoms with Gasteiger partial charge in [0.05, 0.1) is 11.3 Å². The van der Waals surface area contributed by atoms with E-state index in [1.165, 1.54) is 11.8 Å². The van der Waals surface area contributed by atoms with Gasteiger partial charge in [0, 0.05) is 22.5 Å². The van der Waals surface area contributed by atoms with Gasteiger partial charge < -0.3 is 5.32 Å². The Hall–Kier alpha value is -2.84. The molecule has 0 atom stereocenters. The molecule has 2 aromatic carbocycles. The second-order valence-corrected chi connectivity index (χ2v) is 7.08. The number of nitrogens with one attached hydrogen (secondary N) is 3. The first-order valence-electron chi connectivity index (χ1n) is 8.55. The highest BCUT2D eigenvalue weighted by atomic mass is 35.5. The molecule has 0 spiro atoms. The summed E-state index contributed by atoms with van der Waals surface area (Å²) in [6, 6.07) is 14.0. The molecular weight excluding hydrogens is 398 g/mol. The molecule has 0 fully saturated rings. The number of anilines is 1. The number of nitrogens with zero attached hydrogens (tertiary/aromatic N) is 2. The molecule has 3 rings (SSSR count). The normalized spacial score (nSPS) is 10.5. The van der Waals surface area contributed by atoms with E-state index >= 15 is 0 Å². The number of para-hydroxylation sites is 1. The first kappa shape index (κ1) is 19.9. The van der Waals surface area contributed by atoms with Gasteiger partial charge in [-0.15, -0.1) is 0 Å². The van der Waals surface area contributed by atoms with Gasteiger partial charge in [-0.25, -0.2) is 9.97 Å². The summed E-state index contributed by atoms with van der Waals surface area (Å²) < 4.78 is 0. The van der Waals surface area contributed by atoms with Gasteiger partial charge in [-0.3, -0.25) is 20.4 Å². The molecule has 0 aliphatic carbocycles. The number of rotatable bonds is 6. The first-order chi connectivity index (χ1) is 13.6. The number of thioether (sulfide) groups is 1. The molecule has 7 nitrogen and oxygen atoms in total. The fourth-order valence-electron chi connectivity index (χ4n) is 2.39. The Morgan fingerprint density at radius 2 is 1.79 bits per heavy atom. The predicted octanol–water partition coefficient (Wildman–Crippen LogP) is 3.27. The average molecular weight is 416 g/mol. The van der Waals surface area contributed by atoms with E-state index in [1.54, 1.807) is 24.3 Å². The Morgan fingerprint density at radius 3 is 2.54 bits per heavy atom. The number of halogens is 1. The van der Waals surface area contributed by atoms with E-state index in [0.29, 0.717) is 15.7 Å². The van der Waals surface area contributed by atoms with Gasteiger partial charge in [0.1, 0.15) is 5.82 Å². The Kier molecular flexibility index (Phi) is 6.67. The maximum absolute atomic E-state index is 12.0. The topological polar surface area (TPSA) is 96.0 Å². The summed E-state index contributed by atoms with van der Waals surface area (Å²) in [5, 5.41) is 5.15. The summed E-state index contributed by atoms with van der Waals surface area (Å²) in [4.78, 5) is 33.0. The Bertz CT molecular complexity index is 997. The monoisotopic (exact) mass is 415 g/mol. The molecule has 3 N–H and O–H groups in total. The molecule has 1 heterocycles. The molecule has 0 saturated heterocycles. The van der Waals surface area contributed by atoms with Gasteiger partial charge in [-0.05, 0) is 43.3 Å². The van der Waals surface area contributed by atoms with Crippen LogP contribution in [-0.4, -0.2) is 34.1 Å². The summed E-state index contributed by atoms with van der Waals surface area (Å²) in [6.45, 7) is 2.71. The number of aromatic nitrogens is 2. The number of benzene rings is 2. The maximum atomic E-state index is 12.0. The van der Waals surface area contributed by atoms with Gasteiger partial charge in [0.15, 0.2) is 5.16 Å². The highest BCUT2D eigenvalue weighted by Gasteiger charge is 2.11. The molecule has 2 amide bonds. The van der Waals surface area contributed by atoms with Crippen LogP contribution in [0.5, 0.6) is 0 Å². The lowest BCUT2D eigenvalue weighted by Gasteiger charge is -2.10. The van der Waals surface area contributed by atoms with Crippen LogP contribution in [0.2, 0.25) is 5.02 Å². The van der Waals surface area contributed by atoms with E-state index in [0.717, 1.165) is 23.3 Å². The zero-order valence-electron chi connectivity index (χ0n) is 15.0. The number of carbonyl (C=O) groups is 2. The van der Waals surface area contributed by atoms with Crippen LogP contribution in [0.15, 0.2) is 53.7 Å². The molecule has 1 aromatic heterocycles. The van der Waals surface area contributed by atoms with E-state index in [4.69, 9.17) is 11.6 Å². The van der Waals surface area contributed by atoms with E-state index < -0.39 is 5.91 Å². The number of fused-ring (bicyclic) bond motifs is 1. The smallest absolute Gasteiger partial charge is 0.269 e. The standard InChI is InChI=1S/C19H18ClN5O2S/c1-2-21-17-14-5-3-4-6-15(14)22-19(23-17)28-11-16(26)24-25-18(27)12-7-9-13(20)10-8-12/h3-10H,2,11H2,1H3,(H,24,26)(H,25,27)(H,21,22,23). The van der Waals surface area contributed by atoms with Crippen molar-refractivity contribution in [2.45, 2.75) is 12.1 Å². The van der Waals surface area contributed by atoms with Crippen molar-refractivity contribution < 1.29 is 9.59 Å². The van der Waals surface area contributed by atoms with Crippen molar-refractivity contribution in [2.24, 2.45) is 0 Å². The van der Waals surface area contributed by atoms with Crippen LogP contribution in [0.25, 0.3) is 10.9 Å². The molecule has 0 radical (unpaired) electrons. The minimum Gasteiger partial charge on any atom is -0.370 e. The Labute approximate surface area is 171 Å². The van der Waals surface area contributed by atoms with Crippen molar-refractivity contribution in [1.29, 1.82) is 0 Å². The summed E-state index contributed by atoms with van der Waals surface area (Å²) >= 11 is 6.98. The second-order valence-electron chi connectivity index (χ2n) is 5.70. The van der Waals surface area contributed by atoms with Crippen molar-refractivity contribution in [3.8, 4) is 0 Å². The van der Waals surface area contributed by atoms with E-state index in [1.807, 2.05) is 31.2 Å². The van der Waals surface area contributed by atoms with Crippen molar-refractivity contribution in [3.05, 3.63) is 59.1 Å². The summed E-state index contributed by atoms with van der Waals surface area (Å²) in [7, 11) is 0. The first-order valence-corrected chi connectivity index (χ1v) is 9.91. The largest absolute Gasteiger partial charge is 0.370 e. The molecule has 144 valence electrons. The molecule has 0 aliphatic heterocycles. The molecule has 0 aliphatic rings. The van der Waals surface area contributed by atoms with Crippen molar-refractivity contribution in [3.63, 3.8) is 0 Å². The number of amides is 2. The molecule has 0 bridgehead atoms. The van der Waals surface area contributed by atoms with Gasteiger partial charge in [0.25, 0.3) is 5.91 Å². The maximum Gasteiger partial charge on any atom is 0.269 e. The van der Waals surface area contributed by atoms with Gasteiger partial charge >= 0.3 is 0 Å². The van der Waals surface area contributed by atoms with Crippen LogP contribution in [0, 0.1) is 0 Å². The van der Waals surface area contributed by atoms with Crippen molar-refractivity contribution in [2.75, 3.05) is 17.6 Å². The van der Waals surface area contributed by atoms with Crippen LogP contribution >= 0.6 is 23.4 Å². The van der Waals surface area contributed by atoms with Gasteiger partial charge in [-0.2, -0.15) is 0 Å². The number of hydrogen-bond acceptors (Lipinski definition) is 6. The van der Waals surface area contributed by atoms with Crippen LogP contribution < -0.4 is 16.2 Å². The summed E-state index contributed by atoms with van der Waals surface area (Å²) in [5.74, 6) is -0.00216. The molecular formula is C19H18ClN5O2S. The molecule has 0 unspecified atom stereocenters. The molecule has 0 saturated carbocycles. The van der Waals surface area contributed by atoms with Crippen molar-refractivity contribution in [1.82, 2.24) is 20.8 Å². The lowest BCUT2D eigenvalue weighted by Crippen LogP contribution is -2.42. The lowest BCUT2D eigenvalue weighted by atomic mass is 10.2. The molecule has 3 aromatic rings. The number of hydrogen-bond donors (Lipinski definition) is 3. The quantitative estimate of drug-likeness (QED) is 0.325. The van der Waals surface area contributed by atoms with Gasteiger partial charge in [0.2, 0.25) is 5.91 Å². The van der Waals surface area contributed by atoms with Crippen LogP contribution in [-0.2, 0) is 4.79 Å². The van der Waals surface area contributed by atoms with Crippen LogP contribution in [0.4, 0.5) is 5.82 Å². The lowest BCUT2D eigenvalue weighted by molar-refractivity contribution is -0.119.